The van der Waals surface area contributed by atoms with Crippen LogP contribution in [0.2, 0.25) is 0 Å². The number of hydrogen-bond acceptors (Lipinski definition) is 2. The van der Waals surface area contributed by atoms with Crippen LogP contribution in [-0.2, 0) is 0 Å². The van der Waals surface area contributed by atoms with Gasteiger partial charge < -0.3 is 10.6 Å². The molecule has 0 amide bonds. The highest BCUT2D eigenvalue weighted by molar-refractivity contribution is 4.99. The van der Waals surface area contributed by atoms with Crippen LogP contribution in [-0.4, -0.2) is 24.2 Å². The van der Waals surface area contributed by atoms with E-state index in [1.54, 1.807) is 0 Å². The summed E-state index contributed by atoms with van der Waals surface area (Å²) in [6.45, 7) is 11.3. The lowest BCUT2D eigenvalue weighted by Crippen LogP contribution is -2.67. The first-order chi connectivity index (χ1) is 5.54. The van der Waals surface area contributed by atoms with Gasteiger partial charge in [0.15, 0.2) is 0 Å². The highest BCUT2D eigenvalue weighted by Crippen LogP contribution is 2.20. The maximum absolute atomic E-state index is 3.74. The Bertz CT molecular complexity index is 142. The summed E-state index contributed by atoms with van der Waals surface area (Å²) in [5.41, 5.74) is 0.589. The van der Waals surface area contributed by atoms with E-state index in [1.807, 2.05) is 0 Å². The molecule has 2 N–H and O–H groups in total. The summed E-state index contributed by atoms with van der Waals surface area (Å²) >= 11 is 0. The molecular formula is C10H22N2. The van der Waals surface area contributed by atoms with E-state index in [2.05, 4.69) is 38.3 Å². The highest BCUT2D eigenvalue weighted by Gasteiger charge is 2.35. The van der Waals surface area contributed by atoms with Crippen molar-refractivity contribution in [2.24, 2.45) is 0 Å². The Balaban J connectivity index is 2.62. The van der Waals surface area contributed by atoms with Crippen molar-refractivity contribution in [1.82, 2.24) is 10.6 Å². The maximum Gasteiger partial charge on any atom is 0.0280 e. The van der Waals surface area contributed by atoms with Gasteiger partial charge in [-0.2, -0.15) is 0 Å². The summed E-state index contributed by atoms with van der Waals surface area (Å²) in [4.78, 5) is 0. The van der Waals surface area contributed by atoms with E-state index < -0.39 is 0 Å². The van der Waals surface area contributed by atoms with E-state index in [0.717, 1.165) is 13.1 Å². The van der Waals surface area contributed by atoms with Crippen molar-refractivity contribution in [3.05, 3.63) is 0 Å². The molecule has 72 valence electrons. The number of rotatable bonds is 2. The van der Waals surface area contributed by atoms with Gasteiger partial charge in [-0.05, 0) is 26.7 Å². The van der Waals surface area contributed by atoms with Crippen LogP contribution in [0.5, 0.6) is 0 Å². The molecule has 0 saturated carbocycles. The van der Waals surface area contributed by atoms with Crippen LogP contribution in [0.4, 0.5) is 0 Å². The second-order valence-corrected chi connectivity index (χ2v) is 4.56. The van der Waals surface area contributed by atoms with Crippen LogP contribution in [0.3, 0.4) is 0 Å². The van der Waals surface area contributed by atoms with E-state index >= 15 is 0 Å². The molecule has 0 bridgehead atoms. The lowest BCUT2D eigenvalue weighted by molar-refractivity contribution is 0.163. The average Bonchev–Trinajstić information content (AvgIpc) is 2.05. The molecule has 1 aliphatic rings. The molecule has 2 heteroatoms. The van der Waals surface area contributed by atoms with Gasteiger partial charge in [-0.3, -0.25) is 0 Å². The van der Waals surface area contributed by atoms with Crippen molar-refractivity contribution < 1.29 is 0 Å². The van der Waals surface area contributed by atoms with Gasteiger partial charge in [-0.15, -0.1) is 0 Å². The average molecular weight is 170 g/mol. The summed E-state index contributed by atoms with van der Waals surface area (Å²) < 4.78 is 0. The molecule has 12 heavy (non-hydrogen) atoms. The molecule has 1 rings (SSSR count). The van der Waals surface area contributed by atoms with Gasteiger partial charge in [-0.1, -0.05) is 13.8 Å². The second kappa shape index (κ2) is 3.35. The Hall–Kier alpha value is -0.0800. The predicted molar refractivity (Wildman–Crippen MR) is 53.4 cm³/mol. The molecule has 1 saturated heterocycles. The smallest absolute Gasteiger partial charge is 0.0280 e. The van der Waals surface area contributed by atoms with Crippen LogP contribution < -0.4 is 10.6 Å². The molecule has 0 radical (unpaired) electrons. The minimum atomic E-state index is 0.295. The molecular weight excluding hydrogens is 148 g/mol. The summed E-state index contributed by atoms with van der Waals surface area (Å²) in [6, 6.07) is 0. The Morgan fingerprint density at radius 3 is 1.75 bits per heavy atom. The van der Waals surface area contributed by atoms with Gasteiger partial charge in [0.1, 0.15) is 0 Å². The van der Waals surface area contributed by atoms with Gasteiger partial charge in [0.2, 0.25) is 0 Å². The number of piperazine rings is 1. The van der Waals surface area contributed by atoms with Crippen LogP contribution in [0, 0.1) is 0 Å². The fourth-order valence-electron chi connectivity index (χ4n) is 1.86. The summed E-state index contributed by atoms with van der Waals surface area (Å²) in [5, 5.41) is 7.25. The van der Waals surface area contributed by atoms with E-state index in [9.17, 15) is 0 Å². The first-order valence-electron chi connectivity index (χ1n) is 5.04. The second-order valence-electron chi connectivity index (χ2n) is 4.56. The van der Waals surface area contributed by atoms with Crippen LogP contribution >= 0.6 is 0 Å². The van der Waals surface area contributed by atoms with Gasteiger partial charge >= 0.3 is 0 Å². The minimum absolute atomic E-state index is 0.295. The maximum atomic E-state index is 3.74. The summed E-state index contributed by atoms with van der Waals surface area (Å²) in [6.07, 6.45) is 2.38. The fraction of sp³-hybridized carbons (Fsp3) is 1.00. The molecule has 0 aromatic heterocycles. The van der Waals surface area contributed by atoms with Crippen LogP contribution in [0.25, 0.3) is 0 Å². The first kappa shape index (κ1) is 10.0. The molecule has 2 atom stereocenters. The third-order valence-electron chi connectivity index (χ3n) is 3.19. The molecule has 1 fully saturated rings. The van der Waals surface area contributed by atoms with E-state index in [4.69, 9.17) is 0 Å². The zero-order valence-corrected chi connectivity index (χ0v) is 8.83. The number of nitrogens with one attached hydrogen (secondary N) is 2. The Kier molecular flexibility index (Phi) is 2.79. The van der Waals surface area contributed by atoms with E-state index in [1.165, 1.54) is 12.8 Å². The van der Waals surface area contributed by atoms with E-state index in [0.29, 0.717) is 11.1 Å². The lowest BCUT2D eigenvalue weighted by Gasteiger charge is -2.46. The zero-order valence-electron chi connectivity index (χ0n) is 8.83. The SMILES string of the molecule is CC[C@@]1(C)CNC[C@](C)(CC)N1. The molecule has 0 spiro atoms. The fourth-order valence-corrected chi connectivity index (χ4v) is 1.86. The highest BCUT2D eigenvalue weighted by atomic mass is 15.2. The normalized spacial score (nSPS) is 43.0. The molecule has 0 aliphatic carbocycles. The summed E-state index contributed by atoms with van der Waals surface area (Å²) in [7, 11) is 0. The van der Waals surface area contributed by atoms with Crippen molar-refractivity contribution in [3.63, 3.8) is 0 Å². The molecule has 0 aromatic rings. The third-order valence-corrected chi connectivity index (χ3v) is 3.19. The Labute approximate surface area is 76.1 Å². The first-order valence-corrected chi connectivity index (χ1v) is 5.04. The van der Waals surface area contributed by atoms with Crippen molar-refractivity contribution >= 4 is 0 Å². The monoisotopic (exact) mass is 170 g/mol. The van der Waals surface area contributed by atoms with Crippen LogP contribution in [0.1, 0.15) is 40.5 Å². The zero-order chi connectivity index (χ0) is 9.24. The Morgan fingerprint density at radius 1 is 1.00 bits per heavy atom. The van der Waals surface area contributed by atoms with Crippen molar-refractivity contribution in [2.75, 3.05) is 13.1 Å². The molecule has 0 aromatic carbocycles. The Morgan fingerprint density at radius 2 is 1.42 bits per heavy atom. The third kappa shape index (κ3) is 1.99. The van der Waals surface area contributed by atoms with Crippen molar-refractivity contribution in [1.29, 1.82) is 0 Å². The molecule has 2 nitrogen and oxygen atoms in total. The van der Waals surface area contributed by atoms with Gasteiger partial charge in [0, 0.05) is 24.2 Å². The molecule has 1 heterocycles. The van der Waals surface area contributed by atoms with Gasteiger partial charge in [0.05, 0.1) is 0 Å². The van der Waals surface area contributed by atoms with Crippen LogP contribution in [0.15, 0.2) is 0 Å². The van der Waals surface area contributed by atoms with Crippen molar-refractivity contribution in [2.45, 2.75) is 51.6 Å². The standard InChI is InChI=1S/C10H22N2/c1-5-9(3)7-11-8-10(4,6-2)12-9/h11-12H,5-8H2,1-4H3/t9-,10-/m0/s1. The number of hydrogen-bond donors (Lipinski definition) is 2. The lowest BCUT2D eigenvalue weighted by atomic mass is 9.87. The van der Waals surface area contributed by atoms with Gasteiger partial charge in [-0.25, -0.2) is 0 Å². The van der Waals surface area contributed by atoms with Gasteiger partial charge in [0.25, 0.3) is 0 Å². The molecule has 0 unspecified atom stereocenters. The van der Waals surface area contributed by atoms with Crippen molar-refractivity contribution in [3.8, 4) is 0 Å². The largest absolute Gasteiger partial charge is 0.313 e. The minimum Gasteiger partial charge on any atom is -0.313 e. The molecule has 1 aliphatic heterocycles. The van der Waals surface area contributed by atoms with E-state index in [-0.39, 0.29) is 0 Å². The topological polar surface area (TPSA) is 24.1 Å². The summed E-state index contributed by atoms with van der Waals surface area (Å²) in [5.74, 6) is 0. The quantitative estimate of drug-likeness (QED) is 0.656. The predicted octanol–water partition coefficient (Wildman–Crippen LogP) is 1.52.